The zero-order valence-electron chi connectivity index (χ0n) is 16.3. The maximum atomic E-state index is 11.9. The van der Waals surface area contributed by atoms with E-state index >= 15 is 0 Å². The molecule has 0 spiro atoms. The number of anilines is 1. The number of nitrogens with one attached hydrogen (secondary N) is 2. The van der Waals surface area contributed by atoms with Gasteiger partial charge in [-0.1, -0.05) is 53.6 Å². The molecule has 0 aliphatic rings. The molecule has 0 atom stereocenters. The molecule has 0 aromatic heterocycles. The number of halogens is 1. The van der Waals surface area contributed by atoms with Crippen molar-refractivity contribution in [3.05, 3.63) is 94.5 Å². The lowest BCUT2D eigenvalue weighted by Gasteiger charge is -2.07. The number of hydrogen-bond acceptors (Lipinski definition) is 4. The van der Waals surface area contributed by atoms with Crippen molar-refractivity contribution in [3.63, 3.8) is 0 Å². The summed E-state index contributed by atoms with van der Waals surface area (Å²) in [6.07, 6.45) is 1.43. The second-order valence-corrected chi connectivity index (χ2v) is 6.88. The summed E-state index contributed by atoms with van der Waals surface area (Å²) in [5.41, 5.74) is 5.56. The molecule has 152 valence electrons. The molecule has 0 saturated carbocycles. The van der Waals surface area contributed by atoms with E-state index in [2.05, 4.69) is 15.8 Å². The van der Waals surface area contributed by atoms with Gasteiger partial charge in [0.05, 0.1) is 16.9 Å². The first-order valence-corrected chi connectivity index (χ1v) is 9.56. The Morgan fingerprint density at radius 1 is 0.967 bits per heavy atom. The summed E-state index contributed by atoms with van der Waals surface area (Å²) in [5.74, 6) is -1.04. The van der Waals surface area contributed by atoms with E-state index in [1.54, 1.807) is 36.4 Å². The summed E-state index contributed by atoms with van der Waals surface area (Å²) in [6.45, 7) is 2.52. The quantitative estimate of drug-likeness (QED) is 0.353. The standard InChI is InChI=1S/C23H20ClN3O3/c1-16-6-8-18(9-7-16)15-30-19-12-10-17(11-13-19)14-25-27-23(29)22(28)26-21-5-3-2-4-20(21)24/h2-14H,15H2,1H3,(H,26,28)(H,27,29)/b25-14+. The molecular formula is C23H20ClN3O3. The van der Waals surface area contributed by atoms with Crippen LogP contribution in [-0.2, 0) is 16.2 Å². The number of rotatable bonds is 6. The number of amides is 2. The third kappa shape index (κ3) is 6.18. The fourth-order valence-corrected chi connectivity index (χ4v) is 2.64. The Balaban J connectivity index is 1.47. The number of aryl methyl sites for hydroxylation is 1. The van der Waals surface area contributed by atoms with E-state index in [9.17, 15) is 9.59 Å². The van der Waals surface area contributed by atoms with Gasteiger partial charge in [0.25, 0.3) is 0 Å². The molecule has 0 unspecified atom stereocenters. The largest absolute Gasteiger partial charge is 0.489 e. The molecule has 2 N–H and O–H groups in total. The third-order valence-corrected chi connectivity index (χ3v) is 4.44. The summed E-state index contributed by atoms with van der Waals surface area (Å²) < 4.78 is 5.75. The van der Waals surface area contributed by atoms with Crippen molar-refractivity contribution < 1.29 is 14.3 Å². The van der Waals surface area contributed by atoms with Crippen molar-refractivity contribution in [1.29, 1.82) is 0 Å². The normalized spacial score (nSPS) is 10.6. The minimum Gasteiger partial charge on any atom is -0.489 e. The average molecular weight is 422 g/mol. The number of hydrogen-bond donors (Lipinski definition) is 2. The second kappa shape index (κ2) is 10.2. The van der Waals surface area contributed by atoms with Gasteiger partial charge in [-0.3, -0.25) is 9.59 Å². The first-order chi connectivity index (χ1) is 14.5. The van der Waals surface area contributed by atoms with Gasteiger partial charge in [-0.15, -0.1) is 0 Å². The molecule has 30 heavy (non-hydrogen) atoms. The molecule has 0 bridgehead atoms. The highest BCUT2D eigenvalue weighted by Crippen LogP contribution is 2.20. The highest BCUT2D eigenvalue weighted by atomic mass is 35.5. The summed E-state index contributed by atoms with van der Waals surface area (Å²) in [7, 11) is 0. The maximum Gasteiger partial charge on any atom is 0.329 e. The lowest BCUT2D eigenvalue weighted by atomic mass is 10.2. The van der Waals surface area contributed by atoms with Gasteiger partial charge in [0, 0.05) is 0 Å². The van der Waals surface area contributed by atoms with Crippen LogP contribution in [0.2, 0.25) is 5.02 Å². The van der Waals surface area contributed by atoms with Crippen molar-refractivity contribution in [3.8, 4) is 5.75 Å². The topological polar surface area (TPSA) is 79.8 Å². The smallest absolute Gasteiger partial charge is 0.329 e. The molecular weight excluding hydrogens is 402 g/mol. The first-order valence-electron chi connectivity index (χ1n) is 9.18. The minimum atomic E-state index is -0.899. The molecule has 3 aromatic rings. The molecule has 2 amide bonds. The van der Waals surface area contributed by atoms with Crippen LogP contribution in [0.15, 0.2) is 77.9 Å². The van der Waals surface area contributed by atoms with Crippen LogP contribution in [-0.4, -0.2) is 18.0 Å². The first kappa shape index (κ1) is 21.1. The summed E-state index contributed by atoms with van der Waals surface area (Å²) in [4.78, 5) is 23.7. The van der Waals surface area contributed by atoms with E-state index in [0.29, 0.717) is 17.3 Å². The van der Waals surface area contributed by atoms with E-state index in [1.165, 1.54) is 11.8 Å². The van der Waals surface area contributed by atoms with E-state index < -0.39 is 11.8 Å². The Morgan fingerprint density at radius 2 is 1.67 bits per heavy atom. The van der Waals surface area contributed by atoms with E-state index in [4.69, 9.17) is 16.3 Å². The van der Waals surface area contributed by atoms with Crippen molar-refractivity contribution >= 4 is 35.3 Å². The van der Waals surface area contributed by atoms with Gasteiger partial charge >= 0.3 is 11.8 Å². The molecule has 3 rings (SSSR count). The lowest BCUT2D eigenvalue weighted by molar-refractivity contribution is -0.136. The highest BCUT2D eigenvalue weighted by molar-refractivity contribution is 6.41. The zero-order valence-corrected chi connectivity index (χ0v) is 17.0. The predicted octanol–water partition coefficient (Wildman–Crippen LogP) is 4.32. The molecule has 0 heterocycles. The molecule has 0 aliphatic heterocycles. The van der Waals surface area contributed by atoms with Gasteiger partial charge in [-0.2, -0.15) is 5.10 Å². The Labute approximate surface area is 179 Å². The van der Waals surface area contributed by atoms with Gasteiger partial charge in [0.15, 0.2) is 0 Å². The van der Waals surface area contributed by atoms with Crippen LogP contribution < -0.4 is 15.5 Å². The molecule has 0 radical (unpaired) electrons. The number of hydrazone groups is 1. The summed E-state index contributed by atoms with van der Waals surface area (Å²) in [5, 5.41) is 6.56. The number of para-hydroxylation sites is 1. The maximum absolute atomic E-state index is 11.9. The SMILES string of the molecule is Cc1ccc(COc2ccc(/C=N/NC(=O)C(=O)Nc3ccccc3Cl)cc2)cc1. The molecule has 0 saturated heterocycles. The lowest BCUT2D eigenvalue weighted by Crippen LogP contribution is -2.32. The van der Waals surface area contributed by atoms with E-state index in [1.807, 2.05) is 43.3 Å². The molecule has 7 heteroatoms. The van der Waals surface area contributed by atoms with E-state index in [-0.39, 0.29) is 0 Å². The Bertz CT molecular complexity index is 1050. The van der Waals surface area contributed by atoms with Crippen LogP contribution in [0.25, 0.3) is 0 Å². The Morgan fingerprint density at radius 3 is 2.37 bits per heavy atom. The van der Waals surface area contributed by atoms with E-state index in [0.717, 1.165) is 16.9 Å². The number of nitrogens with zero attached hydrogens (tertiary/aromatic N) is 1. The Kier molecular flexibility index (Phi) is 7.19. The minimum absolute atomic E-state index is 0.340. The highest BCUT2D eigenvalue weighted by Gasteiger charge is 2.14. The second-order valence-electron chi connectivity index (χ2n) is 6.48. The molecule has 3 aromatic carbocycles. The van der Waals surface area contributed by atoms with Crippen LogP contribution in [0.4, 0.5) is 5.69 Å². The van der Waals surface area contributed by atoms with Crippen molar-refractivity contribution in [1.82, 2.24) is 5.43 Å². The van der Waals surface area contributed by atoms with Crippen LogP contribution >= 0.6 is 11.6 Å². The van der Waals surface area contributed by atoms with Gasteiger partial charge < -0.3 is 10.1 Å². The predicted molar refractivity (Wildman–Crippen MR) is 118 cm³/mol. The van der Waals surface area contributed by atoms with Crippen LogP contribution in [0, 0.1) is 6.92 Å². The Hall–Kier alpha value is -3.64. The van der Waals surface area contributed by atoms with Gasteiger partial charge in [0.2, 0.25) is 0 Å². The van der Waals surface area contributed by atoms with Gasteiger partial charge in [-0.05, 0) is 54.4 Å². The number of carbonyl (C=O) groups is 2. The van der Waals surface area contributed by atoms with Crippen molar-refractivity contribution in [2.24, 2.45) is 5.10 Å². The zero-order chi connectivity index (χ0) is 21.3. The fourth-order valence-electron chi connectivity index (χ4n) is 2.46. The van der Waals surface area contributed by atoms with Gasteiger partial charge in [0.1, 0.15) is 12.4 Å². The third-order valence-electron chi connectivity index (χ3n) is 4.11. The van der Waals surface area contributed by atoms with Crippen LogP contribution in [0.1, 0.15) is 16.7 Å². The number of ether oxygens (including phenoxy) is 1. The fraction of sp³-hybridized carbons (Fsp3) is 0.0870. The van der Waals surface area contributed by atoms with Crippen LogP contribution in [0.5, 0.6) is 5.75 Å². The molecule has 0 fully saturated rings. The molecule has 0 aliphatic carbocycles. The summed E-state index contributed by atoms with van der Waals surface area (Å²) in [6, 6.07) is 22.0. The number of benzene rings is 3. The summed E-state index contributed by atoms with van der Waals surface area (Å²) >= 11 is 5.95. The average Bonchev–Trinajstić information content (AvgIpc) is 2.76. The molecule has 6 nitrogen and oxygen atoms in total. The number of carbonyl (C=O) groups excluding carboxylic acids is 2. The monoisotopic (exact) mass is 421 g/mol. The van der Waals surface area contributed by atoms with Crippen molar-refractivity contribution in [2.45, 2.75) is 13.5 Å². The van der Waals surface area contributed by atoms with Crippen molar-refractivity contribution in [2.75, 3.05) is 5.32 Å². The van der Waals surface area contributed by atoms with Crippen LogP contribution in [0.3, 0.4) is 0 Å². The van der Waals surface area contributed by atoms with Gasteiger partial charge in [-0.25, -0.2) is 5.43 Å².